The zero-order chi connectivity index (χ0) is 18.3. The highest BCUT2D eigenvalue weighted by atomic mass is 19.1. The summed E-state index contributed by atoms with van der Waals surface area (Å²) in [5.41, 5.74) is 2.20. The zero-order valence-electron chi connectivity index (χ0n) is 14.8. The van der Waals surface area contributed by atoms with Crippen molar-refractivity contribution in [2.24, 2.45) is 5.41 Å². The van der Waals surface area contributed by atoms with Gasteiger partial charge >= 0.3 is 0 Å². The molecule has 26 heavy (non-hydrogen) atoms. The molecule has 0 bridgehead atoms. The molecule has 1 aliphatic heterocycles. The third-order valence-corrected chi connectivity index (χ3v) is 4.84. The van der Waals surface area contributed by atoms with E-state index in [1.807, 2.05) is 24.3 Å². The van der Waals surface area contributed by atoms with E-state index in [1.165, 1.54) is 12.1 Å². The molecule has 0 radical (unpaired) electrons. The first-order chi connectivity index (χ1) is 12.4. The number of ether oxygens (including phenoxy) is 1. The Morgan fingerprint density at radius 2 is 1.81 bits per heavy atom. The molecule has 3 heteroatoms. The molecule has 0 aromatic heterocycles. The molecule has 0 N–H and O–H groups in total. The number of fused-ring (bicyclic) bond motifs is 1. The molecule has 2 aromatic carbocycles. The fourth-order valence-electron chi connectivity index (χ4n) is 3.63. The number of carbonyl (C=O) groups excluding carboxylic acids is 1. The maximum absolute atomic E-state index is 13.1. The van der Waals surface area contributed by atoms with Gasteiger partial charge in [-0.25, -0.2) is 4.39 Å². The summed E-state index contributed by atoms with van der Waals surface area (Å²) >= 11 is 0. The van der Waals surface area contributed by atoms with E-state index in [1.54, 1.807) is 12.1 Å². The number of allylic oxidation sites excluding steroid dienone is 2. The topological polar surface area (TPSA) is 26.3 Å². The smallest absolute Gasteiger partial charge is 0.164 e. The molecule has 0 fully saturated rings. The number of carbonyl (C=O) groups is 1. The highest BCUT2D eigenvalue weighted by Crippen LogP contribution is 2.47. The van der Waals surface area contributed by atoms with Gasteiger partial charge in [-0.1, -0.05) is 43.9 Å². The number of benzene rings is 2. The molecule has 0 saturated heterocycles. The SMILES string of the molecule is CC1(C)CC(=O)C2=C(C1)Oc1ccccc1C2C#Cc1ccc(F)cc1. The maximum Gasteiger partial charge on any atom is 0.164 e. The Morgan fingerprint density at radius 3 is 2.58 bits per heavy atom. The van der Waals surface area contributed by atoms with Crippen molar-refractivity contribution >= 4 is 5.78 Å². The van der Waals surface area contributed by atoms with E-state index < -0.39 is 0 Å². The van der Waals surface area contributed by atoms with E-state index in [2.05, 4.69) is 25.7 Å². The van der Waals surface area contributed by atoms with Gasteiger partial charge < -0.3 is 4.74 Å². The van der Waals surface area contributed by atoms with Crippen LogP contribution < -0.4 is 4.74 Å². The molecular formula is C23H19FO2. The summed E-state index contributed by atoms with van der Waals surface area (Å²) in [4.78, 5) is 12.9. The summed E-state index contributed by atoms with van der Waals surface area (Å²) < 4.78 is 19.2. The lowest BCUT2D eigenvalue weighted by atomic mass is 9.71. The van der Waals surface area contributed by atoms with Gasteiger partial charge in [0.1, 0.15) is 17.3 Å². The van der Waals surface area contributed by atoms with Crippen LogP contribution in [0.2, 0.25) is 0 Å². The van der Waals surface area contributed by atoms with Crippen molar-refractivity contribution in [1.82, 2.24) is 0 Å². The van der Waals surface area contributed by atoms with Crippen LogP contribution in [0.5, 0.6) is 5.75 Å². The van der Waals surface area contributed by atoms with E-state index >= 15 is 0 Å². The standard InChI is InChI=1S/C23H19FO2/c1-23(2)13-19(25)22-18(12-9-15-7-10-16(24)11-8-15)17-5-3-4-6-20(17)26-21(22)14-23/h3-8,10-11,18H,13-14H2,1-2H3. The first-order valence-electron chi connectivity index (χ1n) is 8.73. The van der Waals surface area contributed by atoms with Crippen molar-refractivity contribution in [2.75, 3.05) is 0 Å². The number of ketones is 1. The molecule has 1 unspecified atom stereocenters. The predicted molar refractivity (Wildman–Crippen MR) is 98.1 cm³/mol. The Morgan fingerprint density at radius 1 is 1.08 bits per heavy atom. The van der Waals surface area contributed by atoms with Crippen LogP contribution >= 0.6 is 0 Å². The van der Waals surface area contributed by atoms with Gasteiger partial charge in [0.2, 0.25) is 0 Å². The molecule has 0 saturated carbocycles. The van der Waals surface area contributed by atoms with Gasteiger partial charge in [-0.05, 0) is 35.7 Å². The highest BCUT2D eigenvalue weighted by molar-refractivity contribution is 6.00. The average molecular weight is 346 g/mol. The summed E-state index contributed by atoms with van der Waals surface area (Å²) in [6.45, 7) is 4.16. The largest absolute Gasteiger partial charge is 0.461 e. The monoisotopic (exact) mass is 346 g/mol. The van der Waals surface area contributed by atoms with Gasteiger partial charge in [-0.15, -0.1) is 0 Å². The van der Waals surface area contributed by atoms with Crippen molar-refractivity contribution in [1.29, 1.82) is 0 Å². The van der Waals surface area contributed by atoms with E-state index in [-0.39, 0.29) is 22.9 Å². The number of halogens is 1. The number of hydrogen-bond acceptors (Lipinski definition) is 2. The second-order valence-corrected chi connectivity index (χ2v) is 7.63. The summed E-state index contributed by atoms with van der Waals surface area (Å²) in [5, 5.41) is 0. The van der Waals surface area contributed by atoms with Crippen LogP contribution in [0.4, 0.5) is 4.39 Å². The first-order valence-corrected chi connectivity index (χ1v) is 8.73. The molecule has 2 aliphatic rings. The minimum absolute atomic E-state index is 0.101. The van der Waals surface area contributed by atoms with Gasteiger partial charge in [-0.3, -0.25) is 4.79 Å². The van der Waals surface area contributed by atoms with Crippen molar-refractivity contribution < 1.29 is 13.9 Å². The molecular weight excluding hydrogens is 327 g/mol. The molecule has 1 aliphatic carbocycles. The molecule has 130 valence electrons. The fourth-order valence-corrected chi connectivity index (χ4v) is 3.63. The Balaban J connectivity index is 1.81. The molecule has 2 aromatic rings. The summed E-state index contributed by atoms with van der Waals surface area (Å²) in [7, 11) is 0. The average Bonchev–Trinajstić information content (AvgIpc) is 2.59. The molecule has 1 heterocycles. The second kappa shape index (κ2) is 6.14. The van der Waals surface area contributed by atoms with Crippen molar-refractivity contribution in [3.8, 4) is 17.6 Å². The number of para-hydroxylation sites is 1. The van der Waals surface area contributed by atoms with Crippen LogP contribution in [0, 0.1) is 23.1 Å². The van der Waals surface area contributed by atoms with Crippen molar-refractivity contribution in [3.63, 3.8) is 0 Å². The molecule has 2 nitrogen and oxygen atoms in total. The van der Waals surface area contributed by atoms with E-state index in [9.17, 15) is 9.18 Å². The Kier molecular flexibility index (Phi) is 3.92. The van der Waals surface area contributed by atoms with Crippen LogP contribution in [0.1, 0.15) is 43.7 Å². The number of Topliss-reactive ketones (excluding diaryl/α,β-unsaturated/α-hetero) is 1. The maximum atomic E-state index is 13.1. The summed E-state index contributed by atoms with van der Waals surface area (Å²) in [6, 6.07) is 13.8. The van der Waals surface area contributed by atoms with Gasteiger partial charge in [0.05, 0.1) is 11.5 Å². The van der Waals surface area contributed by atoms with Crippen LogP contribution in [0.25, 0.3) is 0 Å². The Labute approximate surface area is 152 Å². The third-order valence-electron chi connectivity index (χ3n) is 4.84. The molecule has 1 atom stereocenters. The lowest BCUT2D eigenvalue weighted by Crippen LogP contribution is -2.32. The van der Waals surface area contributed by atoms with Gasteiger partial charge in [0.25, 0.3) is 0 Å². The van der Waals surface area contributed by atoms with Gasteiger partial charge in [0, 0.05) is 24.0 Å². The Hall–Kier alpha value is -2.86. The lowest BCUT2D eigenvalue weighted by Gasteiger charge is -2.36. The summed E-state index contributed by atoms with van der Waals surface area (Å²) in [5.74, 6) is 7.33. The Bertz CT molecular complexity index is 971. The van der Waals surface area contributed by atoms with Crippen molar-refractivity contribution in [2.45, 2.75) is 32.6 Å². The second-order valence-electron chi connectivity index (χ2n) is 7.63. The van der Waals surface area contributed by atoms with E-state index in [0.717, 1.165) is 29.1 Å². The normalized spacial score (nSPS) is 20.4. The van der Waals surface area contributed by atoms with Crippen LogP contribution in [0.15, 0.2) is 59.9 Å². The predicted octanol–water partition coefficient (Wildman–Crippen LogP) is 5.00. The van der Waals surface area contributed by atoms with Gasteiger partial charge in [-0.2, -0.15) is 0 Å². The number of hydrogen-bond donors (Lipinski definition) is 0. The van der Waals surface area contributed by atoms with Crippen molar-refractivity contribution in [3.05, 3.63) is 76.8 Å². The third kappa shape index (κ3) is 3.04. The van der Waals surface area contributed by atoms with E-state index in [4.69, 9.17) is 4.74 Å². The molecule has 0 amide bonds. The summed E-state index contributed by atoms with van der Waals surface area (Å²) in [6.07, 6.45) is 1.21. The minimum atomic E-state index is -0.316. The lowest BCUT2D eigenvalue weighted by molar-refractivity contribution is -0.118. The first kappa shape index (κ1) is 16.6. The van der Waals surface area contributed by atoms with E-state index in [0.29, 0.717) is 12.0 Å². The number of rotatable bonds is 0. The van der Waals surface area contributed by atoms with Crippen LogP contribution in [-0.2, 0) is 4.79 Å². The fraction of sp³-hybridized carbons (Fsp3) is 0.261. The quantitative estimate of drug-likeness (QED) is 0.628. The molecule has 4 rings (SSSR count). The molecule has 0 spiro atoms. The zero-order valence-corrected chi connectivity index (χ0v) is 14.8. The van der Waals surface area contributed by atoms with Crippen LogP contribution in [-0.4, -0.2) is 5.78 Å². The minimum Gasteiger partial charge on any atom is -0.461 e. The van der Waals surface area contributed by atoms with Crippen LogP contribution in [0.3, 0.4) is 0 Å². The highest BCUT2D eigenvalue weighted by Gasteiger charge is 2.40. The van der Waals surface area contributed by atoms with Gasteiger partial charge in [0.15, 0.2) is 5.78 Å².